The lowest BCUT2D eigenvalue weighted by Gasteiger charge is -2.46. The molecule has 15 rings (SSSR count). The van der Waals surface area contributed by atoms with Crippen molar-refractivity contribution in [3.63, 3.8) is 0 Å². The summed E-state index contributed by atoms with van der Waals surface area (Å²) in [6, 6.07) is 115. The zero-order chi connectivity index (χ0) is 50.9. The Morgan fingerprint density at radius 1 is 0.273 bits per heavy atom. The van der Waals surface area contributed by atoms with Crippen LogP contribution in [-0.2, 0) is 5.41 Å². The Labute approximate surface area is 450 Å². The molecule has 0 bridgehead atoms. The minimum atomic E-state index is -2.78. The van der Waals surface area contributed by atoms with E-state index in [2.05, 4.69) is 324 Å². The zero-order valence-electron chi connectivity index (χ0n) is 42.3. The van der Waals surface area contributed by atoms with Crippen molar-refractivity contribution in [3.05, 3.63) is 332 Å². The summed E-state index contributed by atoms with van der Waals surface area (Å²) in [4.78, 5) is 5.00. The van der Waals surface area contributed by atoms with Crippen LogP contribution >= 0.6 is 0 Å². The van der Waals surface area contributed by atoms with Gasteiger partial charge in [0, 0.05) is 39.2 Å². The normalized spacial score (nSPS) is 13.9. The Kier molecular flexibility index (Phi) is 10.4. The minimum absolute atomic E-state index is 0.534. The quantitative estimate of drug-likeness (QED) is 0.141. The van der Waals surface area contributed by atoms with Gasteiger partial charge in [0.2, 0.25) is 0 Å². The number of hydrogen-bond donors (Lipinski definition) is 0. The van der Waals surface area contributed by atoms with E-state index in [1.165, 1.54) is 87.6 Å². The summed E-state index contributed by atoms with van der Waals surface area (Å²) < 4.78 is 2.43. The Balaban J connectivity index is 0.910. The van der Waals surface area contributed by atoms with Crippen LogP contribution < -0.4 is 30.5 Å². The fraction of sp³-hybridized carbons (Fsp3) is 0.0137. The first kappa shape index (κ1) is 44.7. The van der Waals surface area contributed by atoms with E-state index in [-0.39, 0.29) is 0 Å². The number of nitrogens with zero attached hydrogens (tertiary/aromatic N) is 3. The number of anilines is 6. The molecule has 12 aromatic carbocycles. The smallest absolute Gasteiger partial charge is 0.184 e. The molecule has 4 heteroatoms. The molecule has 2 aliphatic rings. The standard InChI is InChI=1S/C73H51N3Si/c1-6-26-54(27-7-1)73(55-28-8-2-9-29-55)63-37-16-18-39-67(63)75(68-40-19-17-38-64(68)73)57-32-24-25-52(49-57)53-45-47-65-61(50-53)62-51-58(46-48-66(62)74(65)56-30-10-3-11-31-56)76-69-41-20-22-43-71(69)77(59-33-12-4-13-34-59,60-35-14-5-15-36-60)72-44-23-21-42-70(72)76/h1-51H. The van der Waals surface area contributed by atoms with E-state index in [4.69, 9.17) is 0 Å². The van der Waals surface area contributed by atoms with Gasteiger partial charge in [0.25, 0.3) is 0 Å². The van der Waals surface area contributed by atoms with Crippen molar-refractivity contribution in [2.24, 2.45) is 0 Å². The van der Waals surface area contributed by atoms with Gasteiger partial charge in [0.05, 0.1) is 27.8 Å². The Morgan fingerprint density at radius 3 is 1.23 bits per heavy atom. The van der Waals surface area contributed by atoms with Crippen molar-refractivity contribution in [1.29, 1.82) is 0 Å². The van der Waals surface area contributed by atoms with Gasteiger partial charge in [0.1, 0.15) is 0 Å². The number of benzene rings is 12. The summed E-state index contributed by atoms with van der Waals surface area (Å²) in [5, 5.41) is 7.93. The van der Waals surface area contributed by atoms with Gasteiger partial charge >= 0.3 is 0 Å². The summed E-state index contributed by atoms with van der Waals surface area (Å²) in [7, 11) is -2.78. The molecule has 0 N–H and O–H groups in total. The van der Waals surface area contributed by atoms with E-state index >= 15 is 0 Å². The Hall–Kier alpha value is -9.74. The first-order valence-corrected chi connectivity index (χ1v) is 28.7. The first-order chi connectivity index (χ1) is 38.2. The van der Waals surface area contributed by atoms with Crippen molar-refractivity contribution in [3.8, 4) is 16.8 Å². The van der Waals surface area contributed by atoms with E-state index in [0.29, 0.717) is 0 Å². The third-order valence-corrected chi connectivity index (χ3v) is 21.3. The van der Waals surface area contributed by atoms with Gasteiger partial charge in [-0.05, 0) is 133 Å². The molecule has 13 aromatic rings. The SMILES string of the molecule is c1ccc(-n2c3ccc(-c4cccc(N5c6ccccc6C(c6ccccc6)(c6ccccc6)c6ccccc65)c4)cc3c3cc(N4c5ccccc5[Si](c5ccccc5)(c5ccccc5)c5ccccc54)ccc32)cc1. The average molecular weight is 998 g/mol. The molecule has 362 valence electrons. The highest BCUT2D eigenvalue weighted by atomic mass is 28.3. The maximum Gasteiger partial charge on any atom is 0.184 e. The molecule has 3 heterocycles. The first-order valence-electron chi connectivity index (χ1n) is 26.7. The summed E-state index contributed by atoms with van der Waals surface area (Å²) in [6.45, 7) is 0. The summed E-state index contributed by atoms with van der Waals surface area (Å²) in [5.74, 6) is 0. The Bertz CT molecular complexity index is 4170. The number of rotatable bonds is 8. The molecule has 0 amide bonds. The van der Waals surface area contributed by atoms with Gasteiger partial charge in [-0.25, -0.2) is 0 Å². The lowest BCUT2D eigenvalue weighted by Crippen LogP contribution is -2.77. The molecule has 0 radical (unpaired) electrons. The molecular formula is C73H51N3Si. The predicted molar refractivity (Wildman–Crippen MR) is 325 cm³/mol. The highest BCUT2D eigenvalue weighted by Gasteiger charge is 2.49. The number of para-hydroxylation sites is 5. The molecule has 2 aliphatic heterocycles. The van der Waals surface area contributed by atoms with Crippen molar-refractivity contribution < 1.29 is 0 Å². The number of aromatic nitrogens is 1. The van der Waals surface area contributed by atoms with Gasteiger partial charge < -0.3 is 14.4 Å². The van der Waals surface area contributed by atoms with E-state index in [9.17, 15) is 0 Å². The second kappa shape index (κ2) is 18.0. The average Bonchev–Trinajstić information content (AvgIpc) is 3.84. The van der Waals surface area contributed by atoms with Crippen LogP contribution in [0.3, 0.4) is 0 Å². The monoisotopic (exact) mass is 997 g/mol. The maximum atomic E-state index is 2.53. The summed E-state index contributed by atoms with van der Waals surface area (Å²) >= 11 is 0. The van der Waals surface area contributed by atoms with E-state index in [0.717, 1.165) is 28.2 Å². The molecule has 0 spiro atoms. The van der Waals surface area contributed by atoms with E-state index in [1.807, 2.05) is 0 Å². The van der Waals surface area contributed by atoms with Crippen LogP contribution in [0.15, 0.2) is 309 Å². The maximum absolute atomic E-state index is 2.78. The van der Waals surface area contributed by atoms with Crippen LogP contribution in [0.4, 0.5) is 34.1 Å². The molecule has 0 saturated carbocycles. The highest BCUT2D eigenvalue weighted by molar-refractivity contribution is 7.21. The lowest BCUT2D eigenvalue weighted by atomic mass is 9.62. The van der Waals surface area contributed by atoms with Crippen LogP contribution in [0.5, 0.6) is 0 Å². The second-order valence-electron chi connectivity index (χ2n) is 20.4. The zero-order valence-corrected chi connectivity index (χ0v) is 43.3. The van der Waals surface area contributed by atoms with E-state index in [1.54, 1.807) is 0 Å². The predicted octanol–water partition coefficient (Wildman–Crippen LogP) is 15.8. The molecule has 0 fully saturated rings. The summed E-state index contributed by atoms with van der Waals surface area (Å²) in [5.41, 5.74) is 17.2. The molecule has 77 heavy (non-hydrogen) atoms. The molecular weight excluding hydrogens is 947 g/mol. The van der Waals surface area contributed by atoms with Crippen LogP contribution in [0.25, 0.3) is 38.6 Å². The fourth-order valence-corrected chi connectivity index (χ4v) is 18.5. The lowest BCUT2D eigenvalue weighted by molar-refractivity contribution is 0.731. The van der Waals surface area contributed by atoms with Crippen LogP contribution in [0.2, 0.25) is 0 Å². The minimum Gasteiger partial charge on any atom is -0.311 e. The van der Waals surface area contributed by atoms with Crippen LogP contribution in [-0.4, -0.2) is 12.6 Å². The molecule has 0 aliphatic carbocycles. The number of fused-ring (bicyclic) bond motifs is 7. The second-order valence-corrected chi connectivity index (χ2v) is 24.1. The topological polar surface area (TPSA) is 11.4 Å². The molecule has 3 nitrogen and oxygen atoms in total. The molecule has 0 saturated heterocycles. The van der Waals surface area contributed by atoms with Gasteiger partial charge in [-0.2, -0.15) is 0 Å². The van der Waals surface area contributed by atoms with Crippen LogP contribution in [0, 0.1) is 0 Å². The highest BCUT2D eigenvalue weighted by Crippen LogP contribution is 2.58. The molecule has 1 aromatic heterocycles. The molecule has 0 atom stereocenters. The third-order valence-electron chi connectivity index (χ3n) is 16.5. The van der Waals surface area contributed by atoms with Gasteiger partial charge in [-0.15, -0.1) is 0 Å². The summed E-state index contributed by atoms with van der Waals surface area (Å²) in [6.07, 6.45) is 0. The van der Waals surface area contributed by atoms with Gasteiger partial charge in [0.15, 0.2) is 8.07 Å². The Morgan fingerprint density at radius 2 is 0.675 bits per heavy atom. The van der Waals surface area contributed by atoms with Crippen molar-refractivity contribution in [2.75, 3.05) is 9.80 Å². The van der Waals surface area contributed by atoms with Gasteiger partial charge in [-0.3, -0.25) is 0 Å². The van der Waals surface area contributed by atoms with Crippen molar-refractivity contribution >= 4 is 84.8 Å². The van der Waals surface area contributed by atoms with Crippen molar-refractivity contribution in [1.82, 2.24) is 4.57 Å². The third kappa shape index (κ3) is 6.69. The van der Waals surface area contributed by atoms with E-state index < -0.39 is 13.5 Å². The van der Waals surface area contributed by atoms with Gasteiger partial charge in [-0.1, -0.05) is 231 Å². The van der Waals surface area contributed by atoms with Crippen LogP contribution in [0.1, 0.15) is 22.3 Å². The number of hydrogen-bond acceptors (Lipinski definition) is 2. The van der Waals surface area contributed by atoms with Crippen molar-refractivity contribution in [2.45, 2.75) is 5.41 Å². The largest absolute Gasteiger partial charge is 0.311 e. The molecule has 0 unspecified atom stereocenters. The fourth-order valence-electron chi connectivity index (χ4n) is 13.4.